The van der Waals surface area contributed by atoms with Gasteiger partial charge in [0.25, 0.3) is 0 Å². The number of aliphatic hydroxyl groups is 2. The number of rotatable bonds is 7. The van der Waals surface area contributed by atoms with Crippen molar-refractivity contribution >= 4 is 39.5 Å². The lowest BCUT2D eigenvalue weighted by molar-refractivity contribution is -0.168. The third kappa shape index (κ3) is 4.92. The van der Waals surface area contributed by atoms with E-state index < -0.39 is 71.7 Å². The smallest absolute Gasteiger partial charge is 0.355 e. The minimum Gasteiger partial charge on any atom is -0.459 e. The number of aromatic nitrogens is 1. The molecule has 2 aliphatic heterocycles. The number of ether oxygens (including phenoxy) is 4. The molecule has 1 aromatic rings. The molecule has 1 spiro atoms. The maximum atomic E-state index is 13.7. The number of halogens is 2. The summed E-state index contributed by atoms with van der Waals surface area (Å²) in [6.07, 6.45) is 3.04. The molecule has 4 bridgehead atoms. The van der Waals surface area contributed by atoms with Gasteiger partial charge in [-0.05, 0) is 47.3 Å². The van der Waals surface area contributed by atoms with Gasteiger partial charge in [0.05, 0.1) is 29.8 Å². The van der Waals surface area contributed by atoms with Gasteiger partial charge in [-0.15, -0.1) is 0 Å². The molecule has 11 heteroatoms. The average Bonchev–Trinajstić information content (AvgIpc) is 3.38. The Labute approximate surface area is 253 Å². The van der Waals surface area contributed by atoms with Gasteiger partial charge in [-0.25, -0.2) is 4.79 Å². The van der Waals surface area contributed by atoms with E-state index in [1.807, 2.05) is 45.9 Å². The first kappa shape index (κ1) is 30.8. The molecule has 3 N–H and O–H groups in total. The minimum atomic E-state index is -1.05. The summed E-state index contributed by atoms with van der Waals surface area (Å²) in [6.45, 7) is 7.82. The largest absolute Gasteiger partial charge is 0.459 e. The highest BCUT2D eigenvalue weighted by atomic mass is 79.9. The monoisotopic (exact) mass is 655 g/mol. The molecular formula is C30H39BrClNO8. The zero-order valence-corrected chi connectivity index (χ0v) is 26.2. The third-order valence-electron chi connectivity index (χ3n) is 9.63. The van der Waals surface area contributed by atoms with Gasteiger partial charge in [0.15, 0.2) is 0 Å². The number of H-pyrrole nitrogens is 1. The Morgan fingerprint density at radius 3 is 2.66 bits per heavy atom. The maximum absolute atomic E-state index is 13.7. The molecule has 4 aliphatic rings. The van der Waals surface area contributed by atoms with Crippen molar-refractivity contribution in [1.29, 1.82) is 0 Å². The highest BCUT2D eigenvalue weighted by Gasteiger charge is 2.70. The summed E-state index contributed by atoms with van der Waals surface area (Å²) in [5.41, 5.74) is -0.0110. The number of hydrogen-bond donors (Lipinski definition) is 3. The molecule has 12 atom stereocenters. The lowest BCUT2D eigenvalue weighted by Gasteiger charge is -2.49. The van der Waals surface area contributed by atoms with Gasteiger partial charge in [0, 0.05) is 36.7 Å². The van der Waals surface area contributed by atoms with Gasteiger partial charge in [-0.1, -0.05) is 50.6 Å². The van der Waals surface area contributed by atoms with Crippen molar-refractivity contribution in [3.8, 4) is 0 Å². The highest BCUT2D eigenvalue weighted by Crippen LogP contribution is 2.62. The summed E-state index contributed by atoms with van der Waals surface area (Å²) in [7, 11) is 1.54. The Kier molecular flexibility index (Phi) is 8.83. The second-order valence-electron chi connectivity index (χ2n) is 11.8. The molecule has 3 heterocycles. The molecule has 2 fully saturated rings. The van der Waals surface area contributed by atoms with Gasteiger partial charge in [0.2, 0.25) is 0 Å². The van der Waals surface area contributed by atoms with Crippen LogP contribution < -0.4 is 0 Å². The molecule has 0 radical (unpaired) electrons. The van der Waals surface area contributed by atoms with E-state index in [1.54, 1.807) is 7.11 Å². The highest BCUT2D eigenvalue weighted by molar-refractivity contribution is 9.10. The van der Waals surface area contributed by atoms with Crippen LogP contribution in [0.25, 0.3) is 0 Å². The zero-order chi connectivity index (χ0) is 29.8. The Morgan fingerprint density at radius 1 is 1.32 bits per heavy atom. The number of carbonyl (C=O) groups is 2. The van der Waals surface area contributed by atoms with Gasteiger partial charge in [-0.2, -0.15) is 0 Å². The van der Waals surface area contributed by atoms with Crippen molar-refractivity contribution in [1.82, 2.24) is 4.98 Å². The van der Waals surface area contributed by atoms with Crippen LogP contribution in [0, 0.1) is 35.5 Å². The van der Waals surface area contributed by atoms with Crippen LogP contribution in [-0.4, -0.2) is 77.0 Å². The third-order valence-corrected chi connectivity index (χ3v) is 10.8. The average molecular weight is 657 g/mol. The van der Waals surface area contributed by atoms with Crippen LogP contribution in [0.4, 0.5) is 0 Å². The summed E-state index contributed by atoms with van der Waals surface area (Å²) in [5, 5.41) is 23.1. The van der Waals surface area contributed by atoms with Crippen molar-refractivity contribution < 1.29 is 38.7 Å². The summed E-state index contributed by atoms with van der Waals surface area (Å²) >= 11 is 9.42. The second kappa shape index (κ2) is 11.8. The lowest BCUT2D eigenvalue weighted by atomic mass is 9.56. The molecule has 0 amide bonds. The quantitative estimate of drug-likeness (QED) is 0.290. The van der Waals surface area contributed by atoms with Crippen LogP contribution >= 0.6 is 27.5 Å². The fourth-order valence-corrected chi connectivity index (χ4v) is 8.22. The number of cyclic esters (lactones) is 1. The first-order valence-corrected chi connectivity index (χ1v) is 15.5. The van der Waals surface area contributed by atoms with Crippen molar-refractivity contribution in [3.63, 3.8) is 0 Å². The number of esters is 2. The van der Waals surface area contributed by atoms with Gasteiger partial charge >= 0.3 is 11.9 Å². The minimum absolute atomic E-state index is 0.144. The number of carbonyl (C=O) groups excluding carboxylic acids is 2. The molecule has 0 aromatic carbocycles. The molecule has 226 valence electrons. The topological polar surface area (TPSA) is 127 Å². The van der Waals surface area contributed by atoms with Gasteiger partial charge in [-0.3, -0.25) is 4.79 Å². The van der Waals surface area contributed by atoms with Crippen LogP contribution in [0.5, 0.6) is 0 Å². The van der Waals surface area contributed by atoms with Crippen LogP contribution in [0.1, 0.15) is 51.0 Å². The predicted octanol–water partition coefficient (Wildman–Crippen LogP) is 4.45. The van der Waals surface area contributed by atoms with Crippen molar-refractivity contribution in [2.45, 2.75) is 76.7 Å². The summed E-state index contributed by atoms with van der Waals surface area (Å²) in [6, 6.07) is 1.48. The molecule has 41 heavy (non-hydrogen) atoms. The second-order valence-corrected chi connectivity index (χ2v) is 13.0. The number of methoxy groups -OCH3 is 1. The molecule has 0 unspecified atom stereocenters. The molecule has 1 saturated carbocycles. The molecule has 1 saturated heterocycles. The Morgan fingerprint density at radius 2 is 2.05 bits per heavy atom. The van der Waals surface area contributed by atoms with E-state index in [-0.39, 0.29) is 24.1 Å². The number of hydrogen-bond acceptors (Lipinski definition) is 8. The van der Waals surface area contributed by atoms with Crippen molar-refractivity contribution in [2.75, 3.05) is 13.7 Å². The SMILES string of the molecule is CC[C@@H](O)[C@H]1OC(=O)[C@H](CC)[C@H]2C=C[C@H]3[C@H]4O[C@]2(/C(C)=C/[C@H]1C)[C@@H]3[C@H](O)[C@@H](COC)[C@H]4OC(=O)c1cc(Cl)c(Br)[nH]1. The molecule has 9 nitrogen and oxygen atoms in total. The van der Waals surface area contributed by atoms with Crippen LogP contribution in [-0.2, 0) is 23.7 Å². The Bertz CT molecular complexity index is 1210. The first-order valence-electron chi connectivity index (χ1n) is 14.4. The summed E-state index contributed by atoms with van der Waals surface area (Å²) in [4.78, 5) is 29.8. The van der Waals surface area contributed by atoms with E-state index in [9.17, 15) is 19.8 Å². The normalized spacial score (nSPS) is 41.8. The Hall–Kier alpha value is -1.69. The molecule has 2 aliphatic carbocycles. The van der Waals surface area contributed by atoms with Crippen LogP contribution in [0.15, 0.2) is 34.5 Å². The molecule has 1 aromatic heterocycles. The summed E-state index contributed by atoms with van der Waals surface area (Å²) < 4.78 is 25.1. The van der Waals surface area contributed by atoms with E-state index >= 15 is 0 Å². The number of aliphatic hydroxyl groups excluding tert-OH is 2. The Balaban J connectivity index is 1.60. The van der Waals surface area contributed by atoms with Crippen molar-refractivity contribution in [3.05, 3.63) is 45.2 Å². The van der Waals surface area contributed by atoms with E-state index in [2.05, 4.69) is 20.9 Å². The van der Waals surface area contributed by atoms with Gasteiger partial charge < -0.3 is 34.1 Å². The number of nitrogens with one attached hydrogen (secondary N) is 1. The van der Waals surface area contributed by atoms with E-state index in [1.165, 1.54) is 6.07 Å². The zero-order valence-electron chi connectivity index (χ0n) is 23.9. The van der Waals surface area contributed by atoms with E-state index in [0.29, 0.717) is 22.5 Å². The fourth-order valence-electron chi connectivity index (χ4n) is 7.74. The predicted molar refractivity (Wildman–Crippen MR) is 154 cm³/mol. The fraction of sp³-hybridized carbons (Fsp3) is 0.667. The summed E-state index contributed by atoms with van der Waals surface area (Å²) in [5.74, 6) is -3.57. The van der Waals surface area contributed by atoms with Gasteiger partial charge in [0.1, 0.15) is 34.2 Å². The molecular weight excluding hydrogens is 618 g/mol. The van der Waals surface area contributed by atoms with Crippen molar-refractivity contribution in [2.24, 2.45) is 35.5 Å². The van der Waals surface area contributed by atoms with Crippen LogP contribution in [0.2, 0.25) is 5.02 Å². The standard InChI is InChI=1S/C30H39BrClNO8/c1-6-15-18-9-8-16-22-23(35)17(12-38-5)25(40-29(37)20-11-19(32)27(31)33-20)26(16)41-30(18,22)14(4)10-13(3)24(21(34)7-2)39-28(15)36/h8-11,13,15-18,21-26,33-35H,6-7,12H2,1-5H3/b14-10+/t13-,15-,16-,17-,18-,21-,22+,23-,24+,25-,26-,30+/m1/s1. The van der Waals surface area contributed by atoms with E-state index in [4.69, 9.17) is 30.5 Å². The first-order chi connectivity index (χ1) is 19.5. The lowest BCUT2D eigenvalue weighted by Crippen LogP contribution is -2.59. The molecule has 5 rings (SSSR count). The van der Waals surface area contributed by atoms with E-state index in [0.717, 1.165) is 5.57 Å². The maximum Gasteiger partial charge on any atom is 0.355 e. The number of aromatic amines is 1. The van der Waals surface area contributed by atoms with Crippen LogP contribution in [0.3, 0.4) is 0 Å².